The molecule has 2 atom stereocenters. The molecule has 164 valence electrons. The van der Waals surface area contributed by atoms with E-state index in [1.165, 1.54) is 18.5 Å². The predicted octanol–water partition coefficient (Wildman–Crippen LogP) is 3.10. The van der Waals surface area contributed by atoms with Gasteiger partial charge in [-0.3, -0.25) is 0 Å². The lowest BCUT2D eigenvalue weighted by Gasteiger charge is -2.19. The molecule has 0 radical (unpaired) electrons. The number of anilines is 3. The summed E-state index contributed by atoms with van der Waals surface area (Å²) in [5.74, 6) is 0.545. The number of nitrogens with one attached hydrogen (secondary N) is 2. The average molecular weight is 449 g/mol. The van der Waals surface area contributed by atoms with Crippen LogP contribution >= 0.6 is 11.6 Å². The molecule has 0 amide bonds. The molecule has 2 unspecified atom stereocenters. The van der Waals surface area contributed by atoms with Gasteiger partial charge in [-0.1, -0.05) is 11.6 Å². The van der Waals surface area contributed by atoms with Crippen molar-refractivity contribution in [1.82, 2.24) is 9.97 Å². The minimum Gasteiger partial charge on any atom is -0.486 e. The predicted molar refractivity (Wildman–Crippen MR) is 116 cm³/mol. The highest BCUT2D eigenvalue weighted by Gasteiger charge is 2.20. The number of ether oxygens (including phenoxy) is 2. The molecule has 1 aliphatic rings. The van der Waals surface area contributed by atoms with Gasteiger partial charge in [-0.15, -0.1) is 0 Å². The fraction of sp³-hybridized carbons (Fsp3) is 0.333. The molecule has 0 aliphatic carbocycles. The molecule has 1 aromatic heterocycles. The van der Waals surface area contributed by atoms with Crippen LogP contribution in [0.1, 0.15) is 6.42 Å². The van der Waals surface area contributed by atoms with E-state index in [4.69, 9.17) is 26.2 Å². The normalized spacial score (nSPS) is 17.0. The first-order chi connectivity index (χ1) is 15.0. The molecule has 31 heavy (non-hydrogen) atoms. The van der Waals surface area contributed by atoms with E-state index in [0.29, 0.717) is 47.1 Å². The van der Waals surface area contributed by atoms with Crippen LogP contribution in [0.5, 0.6) is 5.75 Å². The van der Waals surface area contributed by atoms with Gasteiger partial charge in [-0.05, 0) is 24.3 Å². The summed E-state index contributed by atoms with van der Waals surface area (Å²) >= 11 is 5.88. The number of hydrogen-bond donors (Lipinski definition) is 4. The Morgan fingerprint density at radius 3 is 2.90 bits per heavy atom. The van der Waals surface area contributed by atoms with Crippen LogP contribution in [-0.4, -0.2) is 58.8 Å². The summed E-state index contributed by atoms with van der Waals surface area (Å²) in [6.45, 7) is 0.900. The second kappa shape index (κ2) is 9.61. The fourth-order valence-corrected chi connectivity index (χ4v) is 3.39. The molecule has 1 fully saturated rings. The van der Waals surface area contributed by atoms with E-state index in [0.717, 1.165) is 6.42 Å². The Morgan fingerprint density at radius 1 is 1.29 bits per heavy atom. The van der Waals surface area contributed by atoms with Gasteiger partial charge in [-0.25, -0.2) is 14.4 Å². The van der Waals surface area contributed by atoms with Crippen molar-refractivity contribution >= 4 is 39.7 Å². The van der Waals surface area contributed by atoms with Gasteiger partial charge in [-0.2, -0.15) is 0 Å². The lowest BCUT2D eigenvalue weighted by atomic mass is 10.1. The van der Waals surface area contributed by atoms with Crippen LogP contribution in [0, 0.1) is 5.82 Å². The Bertz CT molecular complexity index is 1060. The molecular weight excluding hydrogens is 427 g/mol. The number of aliphatic hydroxyl groups excluding tert-OH is 2. The van der Waals surface area contributed by atoms with Crippen molar-refractivity contribution in [2.45, 2.75) is 18.6 Å². The molecule has 0 saturated carbocycles. The molecule has 0 bridgehead atoms. The zero-order valence-electron chi connectivity index (χ0n) is 16.5. The summed E-state index contributed by atoms with van der Waals surface area (Å²) < 4.78 is 25.0. The highest BCUT2D eigenvalue weighted by molar-refractivity contribution is 6.31. The second-order valence-electron chi connectivity index (χ2n) is 7.16. The maximum atomic E-state index is 13.5. The summed E-state index contributed by atoms with van der Waals surface area (Å²) in [5.41, 5.74) is 1.81. The summed E-state index contributed by atoms with van der Waals surface area (Å²) in [6, 6.07) is 7.89. The van der Waals surface area contributed by atoms with Crippen molar-refractivity contribution in [1.29, 1.82) is 0 Å². The molecule has 10 heteroatoms. The van der Waals surface area contributed by atoms with Crippen molar-refractivity contribution in [3.63, 3.8) is 0 Å². The zero-order chi connectivity index (χ0) is 21.8. The first-order valence-electron chi connectivity index (χ1n) is 9.81. The Balaban J connectivity index is 1.69. The third-order valence-electron chi connectivity index (χ3n) is 4.84. The van der Waals surface area contributed by atoms with Crippen LogP contribution < -0.4 is 15.4 Å². The number of benzene rings is 2. The summed E-state index contributed by atoms with van der Waals surface area (Å²) in [4.78, 5) is 8.64. The van der Waals surface area contributed by atoms with Crippen LogP contribution in [0.25, 0.3) is 10.9 Å². The average Bonchev–Trinajstić information content (AvgIpc) is 3.28. The largest absolute Gasteiger partial charge is 0.486 e. The zero-order valence-corrected chi connectivity index (χ0v) is 17.3. The van der Waals surface area contributed by atoms with Gasteiger partial charge in [0.2, 0.25) is 0 Å². The van der Waals surface area contributed by atoms with Crippen molar-refractivity contribution < 1.29 is 24.1 Å². The van der Waals surface area contributed by atoms with Gasteiger partial charge in [0.25, 0.3) is 0 Å². The van der Waals surface area contributed by atoms with Gasteiger partial charge < -0.3 is 30.3 Å². The van der Waals surface area contributed by atoms with Crippen molar-refractivity contribution in [2.24, 2.45) is 0 Å². The van der Waals surface area contributed by atoms with Crippen molar-refractivity contribution in [2.75, 3.05) is 37.0 Å². The Hall–Kier alpha value is -2.72. The molecular formula is C21H22ClFN4O4. The smallest absolute Gasteiger partial charge is 0.145 e. The van der Waals surface area contributed by atoms with Gasteiger partial charge in [0.15, 0.2) is 0 Å². The number of aromatic nitrogens is 2. The summed E-state index contributed by atoms with van der Waals surface area (Å²) in [7, 11) is 0. The highest BCUT2D eigenvalue weighted by atomic mass is 35.5. The number of halogens is 2. The second-order valence-corrected chi connectivity index (χ2v) is 7.57. The SMILES string of the molecule is OCC(O)CNc1cc2c(Nc3ccc(F)c(Cl)c3)ncnc2cc1OC1CCOC1. The van der Waals surface area contributed by atoms with E-state index in [1.54, 1.807) is 18.2 Å². The lowest BCUT2D eigenvalue weighted by molar-refractivity contribution is 0.105. The molecule has 4 N–H and O–H groups in total. The molecule has 1 saturated heterocycles. The standard InChI is InChI=1S/C21H22ClFN4O4/c22-16-5-12(1-2-17(16)23)27-21-15-6-19(24-8-13(29)9-28)20(7-18(15)25-11-26-21)31-14-3-4-30-10-14/h1-2,5-7,11,13-14,24,28-29H,3-4,8-10H2,(H,25,26,27). The van der Waals surface area contributed by atoms with Crippen LogP contribution in [-0.2, 0) is 4.74 Å². The minimum atomic E-state index is -0.927. The van der Waals surface area contributed by atoms with Gasteiger partial charge in [0, 0.05) is 30.1 Å². The van der Waals surface area contributed by atoms with Crippen LogP contribution in [0.3, 0.4) is 0 Å². The van der Waals surface area contributed by atoms with Crippen LogP contribution in [0.4, 0.5) is 21.6 Å². The molecule has 2 heterocycles. The minimum absolute atomic E-state index is 0.00169. The third kappa shape index (κ3) is 5.13. The van der Waals surface area contributed by atoms with Gasteiger partial charge in [0.1, 0.15) is 29.8 Å². The highest BCUT2D eigenvalue weighted by Crippen LogP contribution is 2.35. The summed E-state index contributed by atoms with van der Waals surface area (Å²) in [5, 5.41) is 25.8. The first kappa shape index (κ1) is 21.5. The van der Waals surface area contributed by atoms with Crippen molar-refractivity contribution in [3.05, 3.63) is 47.5 Å². The number of rotatable bonds is 8. The Labute approximate surface area is 183 Å². The lowest BCUT2D eigenvalue weighted by Crippen LogP contribution is -2.24. The maximum absolute atomic E-state index is 13.5. The monoisotopic (exact) mass is 448 g/mol. The molecule has 3 aromatic rings. The Morgan fingerprint density at radius 2 is 2.16 bits per heavy atom. The van der Waals surface area contributed by atoms with Crippen molar-refractivity contribution in [3.8, 4) is 5.75 Å². The van der Waals surface area contributed by atoms with E-state index < -0.39 is 11.9 Å². The van der Waals surface area contributed by atoms with E-state index in [1.807, 2.05) is 0 Å². The number of aliphatic hydroxyl groups is 2. The van der Waals surface area contributed by atoms with E-state index >= 15 is 0 Å². The first-order valence-corrected chi connectivity index (χ1v) is 10.2. The molecule has 8 nitrogen and oxygen atoms in total. The van der Waals surface area contributed by atoms with Crippen LogP contribution in [0.15, 0.2) is 36.7 Å². The molecule has 0 spiro atoms. The van der Waals surface area contributed by atoms with E-state index in [9.17, 15) is 9.50 Å². The van der Waals surface area contributed by atoms with E-state index in [2.05, 4.69) is 20.6 Å². The van der Waals surface area contributed by atoms with Gasteiger partial charge >= 0.3 is 0 Å². The quantitative estimate of drug-likeness (QED) is 0.416. The number of hydrogen-bond acceptors (Lipinski definition) is 8. The van der Waals surface area contributed by atoms with E-state index in [-0.39, 0.29) is 24.3 Å². The number of fused-ring (bicyclic) bond motifs is 1. The Kier molecular flexibility index (Phi) is 6.67. The topological polar surface area (TPSA) is 109 Å². The number of nitrogens with zero attached hydrogens (tertiary/aromatic N) is 2. The van der Waals surface area contributed by atoms with Gasteiger partial charge in [0.05, 0.1) is 42.2 Å². The molecule has 4 rings (SSSR count). The third-order valence-corrected chi connectivity index (χ3v) is 5.13. The maximum Gasteiger partial charge on any atom is 0.145 e. The summed E-state index contributed by atoms with van der Waals surface area (Å²) in [6.07, 6.45) is 1.19. The van der Waals surface area contributed by atoms with Crippen LogP contribution in [0.2, 0.25) is 5.02 Å². The molecule has 2 aromatic carbocycles. The molecule has 1 aliphatic heterocycles. The fourth-order valence-electron chi connectivity index (χ4n) is 3.21.